The van der Waals surface area contributed by atoms with Gasteiger partial charge in [-0.1, -0.05) is 6.07 Å². The van der Waals surface area contributed by atoms with Crippen molar-refractivity contribution in [2.75, 3.05) is 13.1 Å². The van der Waals surface area contributed by atoms with Crippen molar-refractivity contribution >= 4 is 11.0 Å². The van der Waals surface area contributed by atoms with Gasteiger partial charge >= 0.3 is 5.69 Å². The molecule has 2 heterocycles. The first-order valence-electron chi connectivity index (χ1n) is 6.64. The fraction of sp³-hybridized carbons (Fsp3) is 0.500. The molecule has 0 aliphatic carbocycles. The van der Waals surface area contributed by atoms with Crippen molar-refractivity contribution in [2.45, 2.75) is 26.3 Å². The van der Waals surface area contributed by atoms with Crippen LogP contribution < -0.4 is 11.0 Å². The van der Waals surface area contributed by atoms with E-state index >= 15 is 0 Å². The molecular weight excluding hydrogens is 226 g/mol. The molecule has 2 aromatic rings. The minimum absolute atomic E-state index is 0.0223. The van der Waals surface area contributed by atoms with E-state index in [9.17, 15) is 4.79 Å². The van der Waals surface area contributed by atoms with E-state index < -0.39 is 0 Å². The molecule has 18 heavy (non-hydrogen) atoms. The lowest BCUT2D eigenvalue weighted by Gasteiger charge is -2.22. The van der Waals surface area contributed by atoms with Crippen LogP contribution in [0.25, 0.3) is 11.0 Å². The molecule has 96 valence electrons. The largest absolute Gasteiger partial charge is 0.326 e. The lowest BCUT2D eigenvalue weighted by molar-refractivity contribution is 0.333. The Hall–Kier alpha value is -1.55. The maximum Gasteiger partial charge on any atom is 0.326 e. The fourth-order valence-corrected chi connectivity index (χ4v) is 2.77. The summed E-state index contributed by atoms with van der Waals surface area (Å²) < 4.78 is 1.90. The van der Waals surface area contributed by atoms with Gasteiger partial charge in [0.2, 0.25) is 0 Å². The van der Waals surface area contributed by atoms with Gasteiger partial charge < -0.3 is 10.3 Å². The van der Waals surface area contributed by atoms with Crippen molar-refractivity contribution in [1.82, 2.24) is 14.9 Å². The topological polar surface area (TPSA) is 49.8 Å². The number of hydrogen-bond donors (Lipinski definition) is 2. The molecule has 1 aliphatic rings. The van der Waals surface area contributed by atoms with Crippen LogP contribution in [0.2, 0.25) is 0 Å². The Bertz CT molecular complexity index is 605. The first-order chi connectivity index (χ1) is 8.74. The van der Waals surface area contributed by atoms with E-state index in [1.54, 1.807) is 0 Å². The summed E-state index contributed by atoms with van der Waals surface area (Å²) >= 11 is 0. The molecule has 1 aliphatic heterocycles. The van der Waals surface area contributed by atoms with Crippen LogP contribution in [0.5, 0.6) is 0 Å². The first kappa shape index (κ1) is 11.5. The van der Waals surface area contributed by atoms with Gasteiger partial charge in [-0.3, -0.25) is 4.57 Å². The second-order valence-electron chi connectivity index (χ2n) is 5.25. The van der Waals surface area contributed by atoms with Gasteiger partial charge in [-0.25, -0.2) is 4.79 Å². The van der Waals surface area contributed by atoms with E-state index in [1.165, 1.54) is 5.56 Å². The van der Waals surface area contributed by atoms with E-state index in [2.05, 4.69) is 23.3 Å². The highest BCUT2D eigenvalue weighted by atomic mass is 16.1. The average molecular weight is 245 g/mol. The third kappa shape index (κ3) is 2.08. The SMILES string of the molecule is Cc1ccc2[nH]c(=O)n(CC3CCNCC3)c2c1. The zero-order valence-corrected chi connectivity index (χ0v) is 10.7. The summed E-state index contributed by atoms with van der Waals surface area (Å²) in [6.07, 6.45) is 2.32. The van der Waals surface area contributed by atoms with Gasteiger partial charge in [0.15, 0.2) is 0 Å². The summed E-state index contributed by atoms with van der Waals surface area (Å²) in [6, 6.07) is 6.12. The molecular formula is C14H19N3O. The molecule has 4 heteroatoms. The zero-order chi connectivity index (χ0) is 12.5. The molecule has 0 saturated carbocycles. The first-order valence-corrected chi connectivity index (χ1v) is 6.64. The third-order valence-electron chi connectivity index (χ3n) is 3.83. The van der Waals surface area contributed by atoms with Gasteiger partial charge in [0.05, 0.1) is 11.0 Å². The number of piperidine rings is 1. The highest BCUT2D eigenvalue weighted by Crippen LogP contribution is 2.18. The van der Waals surface area contributed by atoms with Crippen LogP contribution in [-0.2, 0) is 6.54 Å². The van der Waals surface area contributed by atoms with Gasteiger partial charge in [-0.15, -0.1) is 0 Å². The van der Waals surface area contributed by atoms with E-state index in [0.29, 0.717) is 5.92 Å². The monoisotopic (exact) mass is 245 g/mol. The maximum absolute atomic E-state index is 12.0. The number of aromatic amines is 1. The van der Waals surface area contributed by atoms with Gasteiger partial charge in [-0.05, 0) is 56.5 Å². The van der Waals surface area contributed by atoms with Gasteiger partial charge in [0.25, 0.3) is 0 Å². The number of H-pyrrole nitrogens is 1. The highest BCUT2D eigenvalue weighted by Gasteiger charge is 2.16. The summed E-state index contributed by atoms with van der Waals surface area (Å²) in [4.78, 5) is 15.0. The van der Waals surface area contributed by atoms with Crippen molar-refractivity contribution in [3.8, 4) is 0 Å². The number of benzene rings is 1. The third-order valence-corrected chi connectivity index (χ3v) is 3.83. The Kier molecular flexibility index (Phi) is 2.96. The Labute approximate surface area is 106 Å². The minimum Gasteiger partial charge on any atom is -0.317 e. The van der Waals surface area contributed by atoms with Crippen LogP contribution in [0.15, 0.2) is 23.0 Å². The maximum atomic E-state index is 12.0. The Balaban J connectivity index is 1.97. The van der Waals surface area contributed by atoms with E-state index in [4.69, 9.17) is 0 Å². The van der Waals surface area contributed by atoms with E-state index in [-0.39, 0.29) is 5.69 Å². The zero-order valence-electron chi connectivity index (χ0n) is 10.7. The van der Waals surface area contributed by atoms with Crippen molar-refractivity contribution < 1.29 is 0 Å². The van der Waals surface area contributed by atoms with Crippen molar-refractivity contribution in [3.05, 3.63) is 34.2 Å². The van der Waals surface area contributed by atoms with Crippen molar-refractivity contribution in [1.29, 1.82) is 0 Å². The number of fused-ring (bicyclic) bond motifs is 1. The molecule has 0 amide bonds. The number of nitrogens with zero attached hydrogens (tertiary/aromatic N) is 1. The molecule has 1 aromatic heterocycles. The van der Waals surface area contributed by atoms with Crippen LogP contribution in [-0.4, -0.2) is 22.6 Å². The van der Waals surface area contributed by atoms with Crippen LogP contribution in [0.3, 0.4) is 0 Å². The quantitative estimate of drug-likeness (QED) is 0.845. The lowest BCUT2D eigenvalue weighted by atomic mass is 9.98. The smallest absolute Gasteiger partial charge is 0.317 e. The molecule has 0 unspecified atom stereocenters. The summed E-state index contributed by atoms with van der Waals surface area (Å²) in [5.41, 5.74) is 3.20. The van der Waals surface area contributed by atoms with E-state index in [0.717, 1.165) is 43.5 Å². The number of imidazole rings is 1. The standard InChI is InChI=1S/C14H19N3O/c1-10-2-3-12-13(8-10)17(14(18)16-12)9-11-4-6-15-7-5-11/h2-3,8,11,15H,4-7,9H2,1H3,(H,16,18). The van der Waals surface area contributed by atoms with Crippen molar-refractivity contribution in [3.63, 3.8) is 0 Å². The van der Waals surface area contributed by atoms with Gasteiger partial charge in [0.1, 0.15) is 0 Å². The van der Waals surface area contributed by atoms with Gasteiger partial charge in [-0.2, -0.15) is 0 Å². The summed E-state index contributed by atoms with van der Waals surface area (Å²) in [5, 5.41) is 3.36. The highest BCUT2D eigenvalue weighted by molar-refractivity contribution is 5.75. The number of aryl methyl sites for hydroxylation is 1. The van der Waals surface area contributed by atoms with Crippen LogP contribution in [0.4, 0.5) is 0 Å². The van der Waals surface area contributed by atoms with E-state index in [1.807, 2.05) is 16.7 Å². The molecule has 1 fully saturated rings. The predicted octanol–water partition coefficient (Wildman–Crippen LogP) is 1.64. The molecule has 1 aromatic carbocycles. The molecule has 0 radical (unpaired) electrons. The Morgan fingerprint density at radius 3 is 2.89 bits per heavy atom. The number of hydrogen-bond acceptors (Lipinski definition) is 2. The fourth-order valence-electron chi connectivity index (χ4n) is 2.77. The number of aromatic nitrogens is 2. The second-order valence-corrected chi connectivity index (χ2v) is 5.25. The van der Waals surface area contributed by atoms with Crippen LogP contribution >= 0.6 is 0 Å². The molecule has 0 atom stereocenters. The van der Waals surface area contributed by atoms with Crippen LogP contribution in [0, 0.1) is 12.8 Å². The second kappa shape index (κ2) is 4.61. The average Bonchev–Trinajstić information content (AvgIpc) is 2.67. The summed E-state index contributed by atoms with van der Waals surface area (Å²) in [7, 11) is 0. The summed E-state index contributed by atoms with van der Waals surface area (Å²) in [6.45, 7) is 5.04. The molecule has 0 bridgehead atoms. The molecule has 3 rings (SSSR count). The van der Waals surface area contributed by atoms with Crippen molar-refractivity contribution in [2.24, 2.45) is 5.92 Å². The number of rotatable bonds is 2. The lowest BCUT2D eigenvalue weighted by Crippen LogP contribution is -2.31. The Morgan fingerprint density at radius 2 is 2.11 bits per heavy atom. The summed E-state index contributed by atoms with van der Waals surface area (Å²) in [5.74, 6) is 0.614. The normalized spacial score (nSPS) is 17.4. The molecule has 2 N–H and O–H groups in total. The minimum atomic E-state index is 0.0223. The molecule has 0 spiro atoms. The molecule has 4 nitrogen and oxygen atoms in total. The Morgan fingerprint density at radius 1 is 1.33 bits per heavy atom. The van der Waals surface area contributed by atoms with Gasteiger partial charge in [0, 0.05) is 6.54 Å². The van der Waals surface area contributed by atoms with Crippen LogP contribution in [0.1, 0.15) is 18.4 Å². The molecule has 1 saturated heterocycles. The number of nitrogens with one attached hydrogen (secondary N) is 2. The predicted molar refractivity (Wildman–Crippen MR) is 72.9 cm³/mol.